The van der Waals surface area contributed by atoms with E-state index in [-0.39, 0.29) is 53.8 Å². The van der Waals surface area contributed by atoms with Crippen LogP contribution in [0.15, 0.2) is 47.5 Å². The molecule has 2 aliphatic rings. The molecule has 2 aromatic carbocycles. The van der Waals surface area contributed by atoms with Crippen molar-refractivity contribution in [2.75, 3.05) is 6.54 Å². The summed E-state index contributed by atoms with van der Waals surface area (Å²) in [6.07, 6.45) is 6.09. The second-order valence-corrected chi connectivity index (χ2v) is 15.3. The number of nitrogens with two attached hydrogens (primary N) is 3. The number of carboxylic acids is 1. The summed E-state index contributed by atoms with van der Waals surface area (Å²) in [5, 5.41) is 24.8. The molecule has 2 fully saturated rings. The lowest BCUT2D eigenvalue weighted by Crippen LogP contribution is -2.57. The first-order valence-electron chi connectivity index (χ1n) is 19.1. The number of carbonyl (C=O) groups is 4. The number of rotatable bonds is 16. The van der Waals surface area contributed by atoms with Gasteiger partial charge in [-0.15, -0.1) is 0 Å². The molecule has 2 unspecified atom stereocenters. The number of hydrogen-bond acceptors (Lipinski definition) is 6. The number of halogens is 5. The van der Waals surface area contributed by atoms with Gasteiger partial charge in [-0.1, -0.05) is 92.1 Å². The summed E-state index contributed by atoms with van der Waals surface area (Å²) < 4.78 is 31.7. The first kappa shape index (κ1) is 46.8. The summed E-state index contributed by atoms with van der Waals surface area (Å²) in [6.45, 7) is 0.489. The minimum absolute atomic E-state index is 0.00272. The van der Waals surface area contributed by atoms with Crippen LogP contribution in [0.1, 0.15) is 93.7 Å². The number of guanidine groups is 1. The standard InChI is InChI=1S/C37H52Cl2N8O3.C2HF3O2/c38-29-18-15-24(21-30(29)39)22-45-35(49)31(12-7-19-44-37(42)43)46-36(50)32(26-10-5-2-6-11-26)47-34(48)28(25-8-3-1-4-9-25)20-23-13-16-27(17-14-23)33(40)41;3-2(4,5)1(6)7/h13-18,21,25-26,28,31-32H,1-12,19-20,22H2,(H3,40,41)(H,45,49)(H,46,50)(H,47,48)(H4,42,43,44);(H,6,7)/t28?,31-,32?;/m0./s1. The topological polar surface area (TPSA) is 239 Å². The van der Waals surface area contributed by atoms with Crippen molar-refractivity contribution in [3.63, 3.8) is 0 Å². The van der Waals surface area contributed by atoms with Crippen LogP contribution in [-0.2, 0) is 32.1 Å². The van der Waals surface area contributed by atoms with Crippen LogP contribution in [-0.4, -0.2) is 65.4 Å². The summed E-state index contributed by atoms with van der Waals surface area (Å²) in [4.78, 5) is 55.0. The van der Waals surface area contributed by atoms with Crippen LogP contribution in [0.4, 0.5) is 13.2 Å². The molecule has 18 heteroatoms. The minimum atomic E-state index is -5.08. The number of nitrogen functional groups attached to an aromatic ring is 1. The average Bonchev–Trinajstić information content (AvgIpc) is 3.18. The third-order valence-electron chi connectivity index (χ3n) is 10.2. The molecular formula is C39H53Cl2F3N8O5. The fraction of sp³-hybridized carbons (Fsp3) is 0.538. The van der Waals surface area contributed by atoms with Gasteiger partial charge < -0.3 is 38.3 Å². The molecule has 57 heavy (non-hydrogen) atoms. The maximum Gasteiger partial charge on any atom is 0.490 e. The molecule has 0 radical (unpaired) electrons. The van der Waals surface area contributed by atoms with Crippen molar-refractivity contribution in [3.8, 4) is 0 Å². The van der Waals surface area contributed by atoms with Crippen LogP contribution < -0.4 is 33.2 Å². The van der Waals surface area contributed by atoms with Crippen LogP contribution in [0, 0.1) is 23.2 Å². The molecule has 13 nitrogen and oxygen atoms in total. The second kappa shape index (κ2) is 23.0. The Kier molecular flexibility index (Phi) is 18.9. The van der Waals surface area contributed by atoms with Gasteiger partial charge in [0.2, 0.25) is 17.7 Å². The van der Waals surface area contributed by atoms with Crippen LogP contribution in [0.5, 0.6) is 0 Å². The van der Waals surface area contributed by atoms with Crippen molar-refractivity contribution >= 4 is 58.7 Å². The zero-order valence-corrected chi connectivity index (χ0v) is 33.2. The molecule has 0 bridgehead atoms. The summed E-state index contributed by atoms with van der Waals surface area (Å²) in [6, 6.07) is 10.9. The van der Waals surface area contributed by atoms with Gasteiger partial charge in [-0.25, -0.2) is 4.79 Å². The molecule has 0 heterocycles. The predicted octanol–water partition coefficient (Wildman–Crippen LogP) is 5.57. The summed E-state index contributed by atoms with van der Waals surface area (Å²) >= 11 is 12.2. The quantitative estimate of drug-likeness (QED) is 0.0603. The number of carbonyl (C=O) groups excluding carboxylic acids is 3. The molecule has 314 valence electrons. The Bertz CT molecular complexity index is 1700. The van der Waals surface area contributed by atoms with E-state index < -0.39 is 24.2 Å². The Morgan fingerprint density at radius 3 is 1.89 bits per heavy atom. The van der Waals surface area contributed by atoms with E-state index >= 15 is 0 Å². The fourth-order valence-electron chi connectivity index (χ4n) is 7.21. The van der Waals surface area contributed by atoms with E-state index in [1.165, 1.54) is 0 Å². The molecular weight excluding hydrogens is 788 g/mol. The van der Waals surface area contributed by atoms with Gasteiger partial charge in [-0.3, -0.25) is 24.8 Å². The number of nitrogens with zero attached hydrogens (tertiary/aromatic N) is 1. The first-order valence-corrected chi connectivity index (χ1v) is 19.8. The number of aliphatic imine (C=N–C) groups is 1. The largest absolute Gasteiger partial charge is 0.490 e. The third kappa shape index (κ3) is 16.1. The molecule has 0 saturated heterocycles. The van der Waals surface area contributed by atoms with E-state index in [0.29, 0.717) is 41.4 Å². The number of carboxylic acid groups (broad SMARTS) is 1. The molecule has 2 aliphatic carbocycles. The lowest BCUT2D eigenvalue weighted by Gasteiger charge is -2.34. The second-order valence-electron chi connectivity index (χ2n) is 14.5. The summed E-state index contributed by atoms with van der Waals surface area (Å²) in [5.41, 5.74) is 19.1. The zero-order valence-electron chi connectivity index (χ0n) is 31.7. The molecule has 0 spiro atoms. The monoisotopic (exact) mass is 840 g/mol. The predicted molar refractivity (Wildman–Crippen MR) is 214 cm³/mol. The van der Waals surface area contributed by atoms with Gasteiger partial charge >= 0.3 is 12.1 Å². The smallest absolute Gasteiger partial charge is 0.475 e. The summed E-state index contributed by atoms with van der Waals surface area (Å²) in [7, 11) is 0. The number of nitrogens with one attached hydrogen (secondary N) is 4. The molecule has 2 aromatic rings. The highest BCUT2D eigenvalue weighted by atomic mass is 35.5. The maximum absolute atomic E-state index is 14.3. The van der Waals surface area contributed by atoms with Crippen molar-refractivity contribution < 1.29 is 37.5 Å². The average molecular weight is 842 g/mol. The van der Waals surface area contributed by atoms with Crippen molar-refractivity contribution in [2.24, 2.45) is 39.9 Å². The number of amidine groups is 1. The number of hydrogen-bond donors (Lipinski definition) is 8. The van der Waals surface area contributed by atoms with Gasteiger partial charge in [0.15, 0.2) is 5.96 Å². The first-order chi connectivity index (χ1) is 27.0. The molecule has 4 rings (SSSR count). The van der Waals surface area contributed by atoms with E-state index in [0.717, 1.165) is 75.3 Å². The SMILES string of the molecule is N=C(N)c1ccc(CC(C(=O)NC(C(=O)N[C@@H](CCCN=C(N)N)C(=O)NCc2ccc(Cl)c(Cl)c2)C2CCCCC2)C2CCCCC2)cc1.O=C(O)C(F)(F)F. The summed E-state index contributed by atoms with van der Waals surface area (Å²) in [5.74, 6) is -3.83. The Morgan fingerprint density at radius 2 is 1.37 bits per heavy atom. The van der Waals surface area contributed by atoms with Gasteiger partial charge in [0, 0.05) is 24.6 Å². The molecule has 0 aliphatic heterocycles. The molecule has 3 amide bonds. The van der Waals surface area contributed by atoms with E-state index in [9.17, 15) is 27.6 Å². The van der Waals surface area contributed by atoms with Crippen LogP contribution in [0.2, 0.25) is 10.0 Å². The van der Waals surface area contributed by atoms with Gasteiger partial charge in [0.1, 0.15) is 17.9 Å². The Labute approximate surface area is 340 Å². The van der Waals surface area contributed by atoms with Gasteiger partial charge in [0.05, 0.1) is 10.0 Å². The van der Waals surface area contributed by atoms with Gasteiger partial charge in [0.25, 0.3) is 0 Å². The molecule has 2 saturated carbocycles. The lowest BCUT2D eigenvalue weighted by atomic mass is 9.76. The molecule has 11 N–H and O–H groups in total. The van der Waals surface area contributed by atoms with Crippen molar-refractivity contribution in [1.82, 2.24) is 16.0 Å². The van der Waals surface area contributed by atoms with Gasteiger partial charge in [-0.2, -0.15) is 13.2 Å². The highest BCUT2D eigenvalue weighted by Gasteiger charge is 2.39. The van der Waals surface area contributed by atoms with E-state index in [1.807, 2.05) is 24.3 Å². The number of amides is 3. The van der Waals surface area contributed by atoms with Crippen molar-refractivity contribution in [1.29, 1.82) is 5.41 Å². The lowest BCUT2D eigenvalue weighted by molar-refractivity contribution is -0.192. The van der Waals surface area contributed by atoms with Crippen molar-refractivity contribution in [3.05, 3.63) is 69.2 Å². The van der Waals surface area contributed by atoms with E-state index in [2.05, 4.69) is 20.9 Å². The highest BCUT2D eigenvalue weighted by molar-refractivity contribution is 6.42. The van der Waals surface area contributed by atoms with Crippen LogP contribution in [0.25, 0.3) is 0 Å². The number of alkyl halides is 3. The molecule has 3 atom stereocenters. The van der Waals surface area contributed by atoms with Crippen LogP contribution >= 0.6 is 23.2 Å². The zero-order chi connectivity index (χ0) is 42.1. The number of aliphatic carboxylic acids is 1. The number of benzene rings is 2. The normalized spacial score (nSPS) is 16.4. The van der Waals surface area contributed by atoms with Gasteiger partial charge in [-0.05, 0) is 80.0 Å². The third-order valence-corrected chi connectivity index (χ3v) is 11.0. The Hall–Kier alpha value is -4.57. The minimum Gasteiger partial charge on any atom is -0.475 e. The van der Waals surface area contributed by atoms with E-state index in [4.69, 9.17) is 55.7 Å². The Balaban J connectivity index is 0.00000113. The molecule has 0 aromatic heterocycles. The maximum atomic E-state index is 14.3. The fourth-order valence-corrected chi connectivity index (χ4v) is 7.53. The van der Waals surface area contributed by atoms with Crippen LogP contribution in [0.3, 0.4) is 0 Å². The van der Waals surface area contributed by atoms with E-state index in [1.54, 1.807) is 18.2 Å². The highest BCUT2D eigenvalue weighted by Crippen LogP contribution is 2.34. The Morgan fingerprint density at radius 1 is 0.807 bits per heavy atom. The van der Waals surface area contributed by atoms with Crippen molar-refractivity contribution in [2.45, 2.75) is 108 Å².